The summed E-state index contributed by atoms with van der Waals surface area (Å²) in [7, 11) is 0. The van der Waals surface area contributed by atoms with E-state index in [2.05, 4.69) is 45.2 Å². The molecule has 2 aromatic rings. The molecule has 0 bridgehead atoms. The maximum atomic E-state index is 7.18. The minimum absolute atomic E-state index is 0.275. The summed E-state index contributed by atoms with van der Waals surface area (Å²) in [6, 6.07) is 6.60. The lowest BCUT2D eigenvalue weighted by atomic mass is 9.76. The van der Waals surface area contributed by atoms with Crippen LogP contribution in [0.15, 0.2) is 24.5 Å². The van der Waals surface area contributed by atoms with Gasteiger partial charge in [0.05, 0.1) is 36.4 Å². The zero-order chi connectivity index (χ0) is 18.4. The van der Waals surface area contributed by atoms with E-state index in [-0.39, 0.29) is 17.1 Å². The summed E-state index contributed by atoms with van der Waals surface area (Å²) in [6.07, 6.45) is 5.20. The number of alkyl halides is 1. The van der Waals surface area contributed by atoms with Gasteiger partial charge in [0, 0.05) is 6.54 Å². The third-order valence-electron chi connectivity index (χ3n) is 6.15. The number of benzene rings is 1. The fourth-order valence-corrected chi connectivity index (χ4v) is 5.00. The van der Waals surface area contributed by atoms with Crippen LogP contribution in [0.1, 0.15) is 43.1 Å². The zero-order valence-corrected chi connectivity index (χ0v) is 16.3. The van der Waals surface area contributed by atoms with Crippen LogP contribution in [0, 0.1) is 5.92 Å². The van der Waals surface area contributed by atoms with Gasteiger partial charge in [0.1, 0.15) is 12.4 Å². The topological polar surface area (TPSA) is 61.2 Å². The van der Waals surface area contributed by atoms with Gasteiger partial charge in [-0.1, -0.05) is 19.1 Å². The minimum Gasteiger partial charge on any atom is -0.376 e. The first-order valence-electron chi connectivity index (χ1n) is 9.78. The summed E-state index contributed by atoms with van der Waals surface area (Å²) in [5.41, 5.74) is 3.58. The van der Waals surface area contributed by atoms with Crippen LogP contribution < -0.4 is 5.32 Å². The van der Waals surface area contributed by atoms with Gasteiger partial charge in [-0.05, 0) is 42.4 Å². The molecule has 3 heterocycles. The maximum absolute atomic E-state index is 7.18. The molecule has 3 aliphatic rings. The first kappa shape index (κ1) is 17.6. The van der Waals surface area contributed by atoms with Crippen molar-refractivity contribution in [2.75, 3.05) is 13.2 Å². The van der Waals surface area contributed by atoms with Crippen molar-refractivity contribution in [1.29, 1.82) is 0 Å². The van der Waals surface area contributed by atoms with E-state index in [9.17, 15) is 0 Å². The predicted octanol–water partition coefficient (Wildman–Crippen LogP) is 2.91. The number of halogens is 1. The molecule has 1 saturated heterocycles. The van der Waals surface area contributed by atoms with Crippen molar-refractivity contribution in [3.05, 3.63) is 41.5 Å². The number of nitrogens with one attached hydrogen (secondary N) is 1. The van der Waals surface area contributed by atoms with E-state index in [0.717, 1.165) is 57.1 Å². The van der Waals surface area contributed by atoms with E-state index < -0.39 is 0 Å². The highest BCUT2D eigenvalue weighted by Crippen LogP contribution is 2.47. The first-order chi connectivity index (χ1) is 13.1. The summed E-state index contributed by atoms with van der Waals surface area (Å²) in [5.74, 6) is 1.37. The standard InChI is InChI=1S/C20H25ClN4O2/c1-13-7-20(21,5-4-18(13)27-16-10-26-11-16)15-2-3-17-14(6-15)8-22-9-19-24-23-12-25(17)19/h2-3,6,12-13,16,18,22H,4-5,7-11H2,1H3. The molecule has 0 radical (unpaired) electrons. The Morgan fingerprint density at radius 2 is 2.22 bits per heavy atom. The van der Waals surface area contributed by atoms with Gasteiger partial charge in [-0.15, -0.1) is 21.8 Å². The largest absolute Gasteiger partial charge is 0.376 e. The van der Waals surface area contributed by atoms with Gasteiger partial charge >= 0.3 is 0 Å². The van der Waals surface area contributed by atoms with Crippen LogP contribution in [-0.4, -0.2) is 40.2 Å². The number of hydrogen-bond acceptors (Lipinski definition) is 5. The molecule has 1 aromatic carbocycles. The lowest BCUT2D eigenvalue weighted by Crippen LogP contribution is -2.44. The minimum atomic E-state index is -0.327. The summed E-state index contributed by atoms with van der Waals surface area (Å²) < 4.78 is 13.5. The molecule has 0 spiro atoms. The van der Waals surface area contributed by atoms with Gasteiger partial charge in [-0.2, -0.15) is 0 Å². The number of nitrogens with zero attached hydrogens (tertiary/aromatic N) is 3. The monoisotopic (exact) mass is 388 g/mol. The van der Waals surface area contributed by atoms with Crippen molar-refractivity contribution in [1.82, 2.24) is 20.1 Å². The van der Waals surface area contributed by atoms with E-state index in [0.29, 0.717) is 5.92 Å². The second-order valence-corrected chi connectivity index (χ2v) is 8.81. The summed E-state index contributed by atoms with van der Waals surface area (Å²) in [5, 5.41) is 11.7. The predicted molar refractivity (Wildman–Crippen MR) is 102 cm³/mol. The van der Waals surface area contributed by atoms with Crippen molar-refractivity contribution < 1.29 is 9.47 Å². The highest BCUT2D eigenvalue weighted by molar-refractivity contribution is 6.24. The third-order valence-corrected chi connectivity index (χ3v) is 6.71. The zero-order valence-electron chi connectivity index (χ0n) is 15.5. The number of ether oxygens (including phenoxy) is 2. The normalized spacial score (nSPS) is 30.9. The maximum Gasteiger partial charge on any atom is 0.151 e. The van der Waals surface area contributed by atoms with E-state index in [1.807, 2.05) is 0 Å². The highest BCUT2D eigenvalue weighted by Gasteiger charge is 2.41. The fraction of sp³-hybridized carbons (Fsp3) is 0.600. The van der Waals surface area contributed by atoms with E-state index in [4.69, 9.17) is 21.1 Å². The molecular weight excluding hydrogens is 364 g/mol. The van der Waals surface area contributed by atoms with E-state index >= 15 is 0 Å². The van der Waals surface area contributed by atoms with Gasteiger partial charge in [-0.25, -0.2) is 0 Å². The number of rotatable bonds is 3. The Bertz CT molecular complexity index is 837. The van der Waals surface area contributed by atoms with Gasteiger partial charge < -0.3 is 14.8 Å². The van der Waals surface area contributed by atoms with Gasteiger partial charge in [0.25, 0.3) is 0 Å². The van der Waals surface area contributed by atoms with Crippen molar-refractivity contribution in [3.8, 4) is 5.69 Å². The molecule has 1 aliphatic carbocycles. The second-order valence-electron chi connectivity index (χ2n) is 8.08. The average Bonchev–Trinajstić information content (AvgIpc) is 3.01. The van der Waals surface area contributed by atoms with Crippen molar-refractivity contribution >= 4 is 11.6 Å². The van der Waals surface area contributed by atoms with Crippen molar-refractivity contribution in [3.63, 3.8) is 0 Å². The SMILES string of the molecule is CC1CC(Cl)(c2ccc3c(c2)CNCc2nncn2-3)CCC1OC1COC1. The van der Waals surface area contributed by atoms with E-state index in [1.165, 1.54) is 11.1 Å². The average molecular weight is 389 g/mol. The van der Waals surface area contributed by atoms with Crippen LogP contribution in [0.25, 0.3) is 5.69 Å². The smallest absolute Gasteiger partial charge is 0.151 e. The lowest BCUT2D eigenvalue weighted by molar-refractivity contribution is -0.171. The molecule has 1 saturated carbocycles. The number of aromatic nitrogens is 3. The van der Waals surface area contributed by atoms with Crippen molar-refractivity contribution in [2.45, 2.75) is 56.4 Å². The van der Waals surface area contributed by atoms with Gasteiger partial charge in [-0.3, -0.25) is 4.57 Å². The summed E-state index contributed by atoms with van der Waals surface area (Å²) >= 11 is 7.18. The van der Waals surface area contributed by atoms with E-state index in [1.54, 1.807) is 6.33 Å². The molecule has 6 nitrogen and oxygen atoms in total. The Balaban J connectivity index is 1.38. The molecular formula is C20H25ClN4O2. The first-order valence-corrected chi connectivity index (χ1v) is 10.2. The molecule has 2 aliphatic heterocycles. The van der Waals surface area contributed by atoms with Gasteiger partial charge in [0.2, 0.25) is 0 Å². The Morgan fingerprint density at radius 1 is 1.33 bits per heavy atom. The Hall–Kier alpha value is -1.47. The fourth-order valence-electron chi connectivity index (χ4n) is 4.53. The summed E-state index contributed by atoms with van der Waals surface area (Å²) in [4.78, 5) is -0.327. The Kier molecular flexibility index (Phi) is 4.47. The van der Waals surface area contributed by atoms with Crippen molar-refractivity contribution in [2.24, 2.45) is 5.92 Å². The van der Waals surface area contributed by atoms with Crippen LogP contribution in [0.3, 0.4) is 0 Å². The van der Waals surface area contributed by atoms with Gasteiger partial charge in [0.15, 0.2) is 5.82 Å². The molecule has 144 valence electrons. The van der Waals surface area contributed by atoms with Crippen LogP contribution in [0.4, 0.5) is 0 Å². The molecule has 3 atom stereocenters. The third kappa shape index (κ3) is 3.18. The quantitative estimate of drug-likeness (QED) is 0.819. The van der Waals surface area contributed by atoms with Crippen LogP contribution in [-0.2, 0) is 27.4 Å². The molecule has 27 heavy (non-hydrogen) atoms. The Morgan fingerprint density at radius 3 is 3.00 bits per heavy atom. The van der Waals surface area contributed by atoms with Crippen LogP contribution in [0.5, 0.6) is 0 Å². The molecule has 1 aromatic heterocycles. The van der Waals surface area contributed by atoms with Crippen LogP contribution >= 0.6 is 11.6 Å². The molecule has 7 heteroatoms. The Labute approximate surface area is 164 Å². The molecule has 3 unspecified atom stereocenters. The molecule has 2 fully saturated rings. The molecule has 5 rings (SSSR count). The number of fused-ring (bicyclic) bond motifs is 3. The number of hydrogen-bond donors (Lipinski definition) is 1. The highest BCUT2D eigenvalue weighted by atomic mass is 35.5. The van der Waals surface area contributed by atoms with Crippen LogP contribution in [0.2, 0.25) is 0 Å². The second kappa shape index (κ2) is 6.85. The lowest BCUT2D eigenvalue weighted by Gasteiger charge is -2.42. The molecule has 0 amide bonds. The molecule has 1 N–H and O–H groups in total. The summed E-state index contributed by atoms with van der Waals surface area (Å²) in [6.45, 7) is 5.25.